The largest absolute Gasteiger partial charge is 0.416 e. The topological polar surface area (TPSA) is 24.1 Å². The van der Waals surface area contributed by atoms with E-state index in [1.165, 1.54) is 17.7 Å². The molecular weight excluding hydrogens is 337 g/mol. The molecule has 0 spiro atoms. The van der Waals surface area contributed by atoms with Gasteiger partial charge in [0.15, 0.2) is 0 Å². The second-order valence-electron chi connectivity index (χ2n) is 6.20. The maximum Gasteiger partial charge on any atom is 0.416 e. The molecule has 2 aromatic rings. The SMILES string of the molecule is Cl.FC(F)(F)c1ccc(C2NCCC3c4ccccc4NC32)cc1. The van der Waals surface area contributed by atoms with Crippen molar-refractivity contribution in [1.82, 2.24) is 5.32 Å². The number of anilines is 1. The third kappa shape index (κ3) is 2.87. The number of rotatable bonds is 1. The lowest BCUT2D eigenvalue weighted by Crippen LogP contribution is -2.43. The predicted octanol–water partition coefficient (Wildman–Crippen LogP) is 4.74. The van der Waals surface area contributed by atoms with Gasteiger partial charge in [-0.2, -0.15) is 13.2 Å². The van der Waals surface area contributed by atoms with Crippen molar-refractivity contribution >= 4 is 18.1 Å². The van der Waals surface area contributed by atoms with E-state index in [9.17, 15) is 13.2 Å². The van der Waals surface area contributed by atoms with Crippen molar-refractivity contribution in [2.45, 2.75) is 30.6 Å². The number of hydrogen-bond acceptors (Lipinski definition) is 2. The molecule has 2 aliphatic rings. The van der Waals surface area contributed by atoms with Gasteiger partial charge in [0.1, 0.15) is 0 Å². The van der Waals surface area contributed by atoms with E-state index in [0.29, 0.717) is 5.92 Å². The van der Waals surface area contributed by atoms with Crippen molar-refractivity contribution in [3.05, 3.63) is 65.2 Å². The highest BCUT2D eigenvalue weighted by Crippen LogP contribution is 2.44. The first-order valence-electron chi connectivity index (χ1n) is 7.80. The monoisotopic (exact) mass is 354 g/mol. The zero-order chi connectivity index (χ0) is 16.0. The van der Waals surface area contributed by atoms with Gasteiger partial charge in [-0.25, -0.2) is 0 Å². The van der Waals surface area contributed by atoms with Crippen LogP contribution in [0.1, 0.15) is 35.1 Å². The molecule has 2 heterocycles. The van der Waals surface area contributed by atoms with Crippen molar-refractivity contribution in [3.8, 4) is 0 Å². The Kier molecular flexibility index (Phi) is 4.49. The minimum Gasteiger partial charge on any atom is -0.380 e. The predicted molar refractivity (Wildman–Crippen MR) is 90.6 cm³/mol. The molecule has 2 aliphatic heterocycles. The normalized spacial score (nSPS) is 25.2. The van der Waals surface area contributed by atoms with Crippen LogP contribution in [-0.4, -0.2) is 12.6 Å². The Labute approximate surface area is 144 Å². The molecule has 2 N–H and O–H groups in total. The zero-order valence-corrected chi connectivity index (χ0v) is 13.6. The second-order valence-corrected chi connectivity index (χ2v) is 6.20. The van der Waals surface area contributed by atoms with Crippen LogP contribution in [0.25, 0.3) is 0 Å². The van der Waals surface area contributed by atoms with Gasteiger partial charge >= 0.3 is 6.18 Å². The lowest BCUT2D eigenvalue weighted by atomic mass is 9.82. The molecule has 1 saturated heterocycles. The second kappa shape index (κ2) is 6.30. The summed E-state index contributed by atoms with van der Waals surface area (Å²) in [5.41, 5.74) is 2.75. The van der Waals surface area contributed by atoms with E-state index in [1.54, 1.807) is 12.1 Å². The third-order valence-corrected chi connectivity index (χ3v) is 4.89. The Hall–Kier alpha value is -1.72. The van der Waals surface area contributed by atoms with Crippen LogP contribution in [0.5, 0.6) is 0 Å². The summed E-state index contributed by atoms with van der Waals surface area (Å²) >= 11 is 0. The summed E-state index contributed by atoms with van der Waals surface area (Å²) in [4.78, 5) is 0. The Morgan fingerprint density at radius 1 is 0.958 bits per heavy atom. The maximum atomic E-state index is 12.7. The summed E-state index contributed by atoms with van der Waals surface area (Å²) in [5, 5.41) is 7.00. The molecular formula is C18H18ClF3N2. The van der Waals surface area contributed by atoms with Crippen molar-refractivity contribution < 1.29 is 13.2 Å². The van der Waals surface area contributed by atoms with Crippen LogP contribution < -0.4 is 10.6 Å². The van der Waals surface area contributed by atoms with Crippen LogP contribution in [0.2, 0.25) is 0 Å². The van der Waals surface area contributed by atoms with Crippen LogP contribution in [0.15, 0.2) is 48.5 Å². The smallest absolute Gasteiger partial charge is 0.380 e. The van der Waals surface area contributed by atoms with Crippen molar-refractivity contribution in [2.75, 3.05) is 11.9 Å². The van der Waals surface area contributed by atoms with Gasteiger partial charge < -0.3 is 10.6 Å². The highest BCUT2D eigenvalue weighted by molar-refractivity contribution is 5.85. The molecule has 128 valence electrons. The maximum absolute atomic E-state index is 12.7. The van der Waals surface area contributed by atoms with Crippen molar-refractivity contribution in [2.24, 2.45) is 0 Å². The number of fused-ring (bicyclic) bond motifs is 3. The molecule has 2 aromatic carbocycles. The number of halogens is 4. The van der Waals surface area contributed by atoms with Gasteiger partial charge in [-0.1, -0.05) is 30.3 Å². The van der Waals surface area contributed by atoms with Crippen LogP contribution in [-0.2, 0) is 6.18 Å². The standard InChI is InChI=1S/C18H17F3N2.ClH/c19-18(20,21)12-7-5-11(6-8-12)16-17-14(9-10-22-16)13-3-1-2-4-15(13)23-17;/h1-8,14,16-17,22-23H,9-10H2;1H. The first-order valence-corrected chi connectivity index (χ1v) is 7.80. The van der Waals surface area contributed by atoms with Gasteiger partial charge in [0.25, 0.3) is 0 Å². The highest BCUT2D eigenvalue weighted by atomic mass is 35.5. The molecule has 0 bridgehead atoms. The molecule has 24 heavy (non-hydrogen) atoms. The van der Waals surface area contributed by atoms with Gasteiger partial charge in [0, 0.05) is 11.6 Å². The zero-order valence-electron chi connectivity index (χ0n) is 12.8. The molecule has 0 radical (unpaired) electrons. The average Bonchev–Trinajstić information content (AvgIpc) is 2.93. The number of benzene rings is 2. The number of hydrogen-bond donors (Lipinski definition) is 2. The van der Waals surface area contributed by atoms with Gasteiger partial charge in [-0.3, -0.25) is 0 Å². The Morgan fingerprint density at radius 3 is 2.38 bits per heavy atom. The summed E-state index contributed by atoms with van der Waals surface area (Å²) < 4.78 is 38.2. The molecule has 2 nitrogen and oxygen atoms in total. The number of alkyl halides is 3. The summed E-state index contributed by atoms with van der Waals surface area (Å²) in [6.45, 7) is 0.864. The van der Waals surface area contributed by atoms with Crippen LogP contribution in [0, 0.1) is 0 Å². The Balaban J connectivity index is 0.00000169. The molecule has 0 aliphatic carbocycles. The minimum absolute atomic E-state index is 0. The molecule has 3 unspecified atom stereocenters. The van der Waals surface area contributed by atoms with E-state index in [0.717, 1.165) is 24.2 Å². The third-order valence-electron chi connectivity index (χ3n) is 4.89. The quantitative estimate of drug-likeness (QED) is 0.773. The summed E-state index contributed by atoms with van der Waals surface area (Å²) in [5.74, 6) is 0.403. The van der Waals surface area contributed by atoms with Gasteiger partial charge in [-0.15, -0.1) is 12.4 Å². The van der Waals surface area contributed by atoms with E-state index in [1.807, 2.05) is 12.1 Å². The number of nitrogens with one attached hydrogen (secondary N) is 2. The van der Waals surface area contributed by atoms with Gasteiger partial charge in [0.05, 0.1) is 17.6 Å². The molecule has 3 atom stereocenters. The van der Waals surface area contributed by atoms with Gasteiger partial charge in [0.2, 0.25) is 0 Å². The van der Waals surface area contributed by atoms with E-state index in [2.05, 4.69) is 22.8 Å². The fraction of sp³-hybridized carbons (Fsp3) is 0.333. The lowest BCUT2D eigenvalue weighted by Gasteiger charge is -2.35. The first kappa shape index (κ1) is 17.1. The van der Waals surface area contributed by atoms with Crippen LogP contribution in [0.3, 0.4) is 0 Å². The van der Waals surface area contributed by atoms with Crippen molar-refractivity contribution in [1.29, 1.82) is 0 Å². The minimum atomic E-state index is -4.29. The number of piperidine rings is 1. The Morgan fingerprint density at radius 2 is 1.67 bits per heavy atom. The molecule has 4 rings (SSSR count). The molecule has 0 aromatic heterocycles. The summed E-state index contributed by atoms with van der Waals surface area (Å²) in [7, 11) is 0. The summed E-state index contributed by atoms with van der Waals surface area (Å²) in [6, 6.07) is 14.0. The van der Waals surface area contributed by atoms with Crippen LogP contribution >= 0.6 is 12.4 Å². The molecule has 1 fully saturated rings. The first-order chi connectivity index (χ1) is 11.0. The van der Waals surface area contributed by atoms with E-state index in [-0.39, 0.29) is 24.5 Å². The fourth-order valence-corrected chi connectivity index (χ4v) is 3.80. The molecule has 6 heteroatoms. The highest BCUT2D eigenvalue weighted by Gasteiger charge is 2.40. The fourth-order valence-electron chi connectivity index (χ4n) is 3.80. The molecule has 0 amide bonds. The average molecular weight is 355 g/mol. The van der Waals surface area contributed by atoms with Crippen molar-refractivity contribution in [3.63, 3.8) is 0 Å². The van der Waals surface area contributed by atoms with E-state index >= 15 is 0 Å². The Bertz CT molecular complexity index is 715. The van der Waals surface area contributed by atoms with Crippen LogP contribution in [0.4, 0.5) is 18.9 Å². The van der Waals surface area contributed by atoms with E-state index < -0.39 is 11.7 Å². The summed E-state index contributed by atoms with van der Waals surface area (Å²) in [6.07, 6.45) is -3.26. The molecule has 0 saturated carbocycles. The lowest BCUT2D eigenvalue weighted by molar-refractivity contribution is -0.137. The van der Waals surface area contributed by atoms with E-state index in [4.69, 9.17) is 0 Å². The van der Waals surface area contributed by atoms with Gasteiger partial charge in [-0.05, 0) is 42.3 Å². The number of para-hydroxylation sites is 1.